The maximum absolute atomic E-state index is 5.93. The van der Waals surface area contributed by atoms with Gasteiger partial charge in [-0.25, -0.2) is 4.98 Å². The number of nitrogens with zero attached hydrogens (tertiary/aromatic N) is 3. The first-order valence-corrected chi connectivity index (χ1v) is 5.45. The summed E-state index contributed by atoms with van der Waals surface area (Å²) in [5, 5.41) is 0.677. The molecule has 1 aromatic heterocycles. The van der Waals surface area contributed by atoms with E-state index in [-0.39, 0.29) is 0 Å². The summed E-state index contributed by atoms with van der Waals surface area (Å²) in [6.07, 6.45) is 1.69. The summed E-state index contributed by atoms with van der Waals surface area (Å²) in [5.41, 5.74) is 1.16. The fourth-order valence-electron chi connectivity index (χ4n) is 1.43. The van der Waals surface area contributed by atoms with Crippen LogP contribution < -0.4 is 0 Å². The molecule has 0 aliphatic carbocycles. The van der Waals surface area contributed by atoms with E-state index < -0.39 is 0 Å². The van der Waals surface area contributed by atoms with Crippen LogP contribution in [0.15, 0.2) is 18.3 Å². The molecule has 0 aromatic carbocycles. The summed E-state index contributed by atoms with van der Waals surface area (Å²) >= 11 is 5.93. The van der Waals surface area contributed by atoms with Crippen molar-refractivity contribution in [2.75, 3.05) is 13.1 Å². The van der Waals surface area contributed by atoms with Crippen molar-refractivity contribution in [3.63, 3.8) is 0 Å². The summed E-state index contributed by atoms with van der Waals surface area (Å²) in [6.45, 7) is 10.8. The lowest BCUT2D eigenvalue weighted by atomic mass is 10.3. The first-order chi connectivity index (χ1) is 7.04. The van der Waals surface area contributed by atoms with Crippen molar-refractivity contribution >= 4 is 11.6 Å². The molecule has 0 bridgehead atoms. The van der Waals surface area contributed by atoms with E-state index in [0.29, 0.717) is 5.15 Å². The third kappa shape index (κ3) is 3.36. The van der Waals surface area contributed by atoms with Gasteiger partial charge < -0.3 is 4.57 Å². The van der Waals surface area contributed by atoms with E-state index in [1.807, 2.05) is 18.5 Å². The first-order valence-electron chi connectivity index (χ1n) is 5.07. The van der Waals surface area contributed by atoms with Crippen molar-refractivity contribution in [3.05, 3.63) is 29.3 Å². The fourth-order valence-corrected chi connectivity index (χ4v) is 1.58. The van der Waals surface area contributed by atoms with Crippen LogP contribution in [0.4, 0.5) is 0 Å². The summed E-state index contributed by atoms with van der Waals surface area (Å²) < 4.78 is 1.91. The minimum Gasteiger partial charge on any atom is -0.321 e. The van der Waals surface area contributed by atoms with E-state index in [9.17, 15) is 0 Å². The summed E-state index contributed by atoms with van der Waals surface area (Å²) in [5.74, 6) is 0.989. The lowest BCUT2D eigenvalue weighted by Gasteiger charge is -2.19. The lowest BCUT2D eigenvalue weighted by molar-refractivity contribution is 0.293. The number of hydrogen-bond acceptors (Lipinski definition) is 2. The maximum Gasteiger partial charge on any atom is 0.128 e. The molecule has 0 unspecified atom stereocenters. The smallest absolute Gasteiger partial charge is 0.128 e. The van der Waals surface area contributed by atoms with Gasteiger partial charge in [-0.1, -0.05) is 30.7 Å². The maximum atomic E-state index is 5.93. The third-order valence-electron chi connectivity index (χ3n) is 2.33. The van der Waals surface area contributed by atoms with E-state index in [1.165, 1.54) is 0 Å². The minimum atomic E-state index is 0.677. The minimum absolute atomic E-state index is 0.677. The van der Waals surface area contributed by atoms with Gasteiger partial charge in [0.05, 0.1) is 12.7 Å². The molecule has 0 radical (unpaired) electrons. The summed E-state index contributed by atoms with van der Waals surface area (Å²) in [4.78, 5) is 6.55. The Morgan fingerprint density at radius 1 is 1.67 bits per heavy atom. The SMILES string of the molecule is C=C(C)CN(CC)Cc1ncc(Cl)n1C. The first kappa shape index (κ1) is 12.3. The molecule has 1 heterocycles. The Balaban J connectivity index is 2.66. The highest BCUT2D eigenvalue weighted by Gasteiger charge is 2.09. The van der Waals surface area contributed by atoms with Gasteiger partial charge in [-0.3, -0.25) is 4.90 Å². The second-order valence-corrected chi connectivity index (χ2v) is 4.20. The quantitative estimate of drug-likeness (QED) is 0.721. The molecule has 3 nitrogen and oxygen atoms in total. The Morgan fingerprint density at radius 2 is 2.33 bits per heavy atom. The zero-order valence-electron chi connectivity index (χ0n) is 9.63. The standard InChI is InChI=1S/C11H18ClN3/c1-5-15(7-9(2)3)8-11-13-6-10(12)14(11)4/h6H,2,5,7-8H2,1,3-4H3. The van der Waals surface area contributed by atoms with Crippen LogP contribution in [0.5, 0.6) is 0 Å². The lowest BCUT2D eigenvalue weighted by Crippen LogP contribution is -2.26. The predicted molar refractivity (Wildman–Crippen MR) is 64.0 cm³/mol. The van der Waals surface area contributed by atoms with Crippen LogP contribution in [-0.2, 0) is 13.6 Å². The molecule has 4 heteroatoms. The molecule has 0 fully saturated rings. The Bertz CT molecular complexity index is 344. The van der Waals surface area contributed by atoms with Gasteiger partial charge >= 0.3 is 0 Å². The Kier molecular flexibility index (Phi) is 4.36. The molecule has 0 saturated carbocycles. The summed E-state index contributed by atoms with van der Waals surface area (Å²) in [6, 6.07) is 0. The summed E-state index contributed by atoms with van der Waals surface area (Å²) in [7, 11) is 1.93. The molecular formula is C11H18ClN3. The average molecular weight is 228 g/mol. The molecule has 0 N–H and O–H groups in total. The molecule has 0 amide bonds. The van der Waals surface area contributed by atoms with Crippen molar-refractivity contribution in [2.45, 2.75) is 20.4 Å². The molecule has 0 spiro atoms. The van der Waals surface area contributed by atoms with Crippen molar-refractivity contribution in [2.24, 2.45) is 7.05 Å². The highest BCUT2D eigenvalue weighted by molar-refractivity contribution is 6.29. The second-order valence-electron chi connectivity index (χ2n) is 3.82. The number of hydrogen-bond donors (Lipinski definition) is 0. The predicted octanol–water partition coefficient (Wildman–Crippen LogP) is 2.47. The van der Waals surface area contributed by atoms with Gasteiger partial charge in [0, 0.05) is 13.6 Å². The number of imidazole rings is 1. The highest BCUT2D eigenvalue weighted by Crippen LogP contribution is 2.11. The van der Waals surface area contributed by atoms with Crippen LogP contribution in [0.2, 0.25) is 5.15 Å². The normalized spacial score (nSPS) is 11.0. The second kappa shape index (κ2) is 5.33. The molecular weight excluding hydrogens is 210 g/mol. The Morgan fingerprint density at radius 3 is 2.73 bits per heavy atom. The van der Waals surface area contributed by atoms with Gasteiger partial charge in [-0.2, -0.15) is 0 Å². The number of aromatic nitrogens is 2. The van der Waals surface area contributed by atoms with Crippen molar-refractivity contribution < 1.29 is 0 Å². The van der Waals surface area contributed by atoms with Crippen LogP contribution >= 0.6 is 11.6 Å². The van der Waals surface area contributed by atoms with Crippen molar-refractivity contribution in [1.29, 1.82) is 0 Å². The number of likely N-dealkylation sites (N-methyl/N-ethyl adjacent to an activating group) is 1. The van der Waals surface area contributed by atoms with Gasteiger partial charge in [0.2, 0.25) is 0 Å². The zero-order chi connectivity index (χ0) is 11.4. The molecule has 1 rings (SSSR count). The topological polar surface area (TPSA) is 21.1 Å². The molecule has 0 aliphatic heterocycles. The van der Waals surface area contributed by atoms with E-state index in [4.69, 9.17) is 11.6 Å². The van der Waals surface area contributed by atoms with Gasteiger partial charge in [-0.05, 0) is 13.5 Å². The van der Waals surface area contributed by atoms with E-state index >= 15 is 0 Å². The van der Waals surface area contributed by atoms with Gasteiger partial charge in [0.15, 0.2) is 0 Å². The van der Waals surface area contributed by atoms with Crippen LogP contribution in [0.3, 0.4) is 0 Å². The molecule has 84 valence electrons. The van der Waals surface area contributed by atoms with Crippen LogP contribution in [0.25, 0.3) is 0 Å². The van der Waals surface area contributed by atoms with E-state index in [1.54, 1.807) is 6.20 Å². The van der Waals surface area contributed by atoms with Gasteiger partial charge in [0.25, 0.3) is 0 Å². The van der Waals surface area contributed by atoms with Gasteiger partial charge in [-0.15, -0.1) is 0 Å². The van der Waals surface area contributed by atoms with Crippen LogP contribution in [-0.4, -0.2) is 27.5 Å². The van der Waals surface area contributed by atoms with Crippen molar-refractivity contribution in [1.82, 2.24) is 14.5 Å². The average Bonchev–Trinajstić information content (AvgIpc) is 2.48. The third-order valence-corrected chi connectivity index (χ3v) is 2.68. The van der Waals surface area contributed by atoms with Crippen LogP contribution in [0.1, 0.15) is 19.7 Å². The largest absolute Gasteiger partial charge is 0.321 e. The molecule has 1 aromatic rings. The van der Waals surface area contributed by atoms with Crippen molar-refractivity contribution in [3.8, 4) is 0 Å². The van der Waals surface area contributed by atoms with E-state index in [0.717, 1.165) is 31.0 Å². The van der Waals surface area contributed by atoms with Crippen LogP contribution in [0, 0.1) is 0 Å². The fraction of sp³-hybridized carbons (Fsp3) is 0.545. The Hall–Kier alpha value is -0.800. The number of rotatable bonds is 5. The molecule has 0 atom stereocenters. The molecule has 15 heavy (non-hydrogen) atoms. The molecule has 0 saturated heterocycles. The highest BCUT2D eigenvalue weighted by atomic mass is 35.5. The number of halogens is 1. The molecule has 0 aliphatic rings. The van der Waals surface area contributed by atoms with Gasteiger partial charge in [0.1, 0.15) is 11.0 Å². The monoisotopic (exact) mass is 227 g/mol. The zero-order valence-corrected chi connectivity index (χ0v) is 10.4. The Labute approximate surface area is 96.4 Å². The van der Waals surface area contributed by atoms with E-state index in [2.05, 4.69) is 23.4 Å².